The first-order valence-corrected chi connectivity index (χ1v) is 8.34. The summed E-state index contributed by atoms with van der Waals surface area (Å²) in [6, 6.07) is 9.77. The van der Waals surface area contributed by atoms with Crippen molar-refractivity contribution >= 4 is 29.7 Å². The number of benzene rings is 1. The highest BCUT2D eigenvalue weighted by atomic mass is 79.9. The molecule has 1 amide bonds. The summed E-state index contributed by atoms with van der Waals surface area (Å²) in [5.74, 6) is -0.0545. The maximum absolute atomic E-state index is 12.6. The highest BCUT2D eigenvalue weighted by Gasteiger charge is 2.46. The van der Waals surface area contributed by atoms with E-state index < -0.39 is 5.72 Å². The van der Waals surface area contributed by atoms with Gasteiger partial charge in [0.25, 0.3) is 5.91 Å². The molecular weight excluding hydrogens is 329 g/mol. The fourth-order valence-electron chi connectivity index (χ4n) is 2.57. The van der Waals surface area contributed by atoms with Crippen LogP contribution in [0.25, 0.3) is 0 Å². The molecule has 0 spiro atoms. The Labute approximate surface area is 135 Å². The molecule has 1 aromatic rings. The van der Waals surface area contributed by atoms with E-state index in [2.05, 4.69) is 22.9 Å². The highest BCUT2D eigenvalue weighted by molar-refractivity contribution is 9.10. The van der Waals surface area contributed by atoms with Crippen LogP contribution in [0.3, 0.4) is 0 Å². The molecule has 5 heteroatoms. The zero-order valence-electron chi connectivity index (χ0n) is 12.6. The molecule has 2 unspecified atom stereocenters. The third-order valence-corrected chi connectivity index (χ3v) is 4.58. The van der Waals surface area contributed by atoms with Gasteiger partial charge in [0, 0.05) is 16.8 Å². The molecule has 1 heterocycles. The molecular formula is C16H21BBrNO2. The van der Waals surface area contributed by atoms with Crippen LogP contribution in [0.15, 0.2) is 42.0 Å². The normalized spacial score (nSPS) is 23.3. The summed E-state index contributed by atoms with van der Waals surface area (Å²) < 4.78 is -0.225. The van der Waals surface area contributed by atoms with Crippen molar-refractivity contribution < 1.29 is 9.90 Å². The molecule has 2 rings (SSSR count). The number of hydrogen-bond donors (Lipinski definition) is 1. The van der Waals surface area contributed by atoms with Gasteiger partial charge in [-0.3, -0.25) is 4.79 Å². The summed E-state index contributed by atoms with van der Waals surface area (Å²) in [7, 11) is 1.87. The lowest BCUT2D eigenvalue weighted by Gasteiger charge is -2.35. The lowest BCUT2D eigenvalue weighted by molar-refractivity contribution is -0.141. The van der Waals surface area contributed by atoms with E-state index in [0.717, 1.165) is 30.4 Å². The van der Waals surface area contributed by atoms with Crippen molar-refractivity contribution in [2.75, 3.05) is 0 Å². The Hall–Kier alpha value is -1.07. The van der Waals surface area contributed by atoms with Crippen LogP contribution < -0.4 is 0 Å². The van der Waals surface area contributed by atoms with Crippen molar-refractivity contribution in [1.29, 1.82) is 0 Å². The summed E-state index contributed by atoms with van der Waals surface area (Å²) in [6.45, 7) is 2.51. The second kappa shape index (κ2) is 6.80. The van der Waals surface area contributed by atoms with Gasteiger partial charge in [-0.1, -0.05) is 59.6 Å². The molecule has 0 saturated carbocycles. The number of amides is 1. The summed E-state index contributed by atoms with van der Waals surface area (Å²) >= 11 is 3.45. The Bertz CT molecular complexity index is 532. The average Bonchev–Trinajstić information content (AvgIpc) is 2.72. The quantitative estimate of drug-likeness (QED) is 0.631. The number of nitrogens with zero attached hydrogens (tertiary/aromatic N) is 1. The molecule has 0 saturated heterocycles. The second-order valence-corrected chi connectivity index (χ2v) is 6.92. The number of aliphatic hydroxyl groups is 1. The van der Waals surface area contributed by atoms with Crippen molar-refractivity contribution in [2.45, 2.75) is 43.2 Å². The molecule has 1 aromatic carbocycles. The van der Waals surface area contributed by atoms with Crippen molar-refractivity contribution in [3.05, 3.63) is 47.5 Å². The van der Waals surface area contributed by atoms with Gasteiger partial charge in [0.15, 0.2) is 5.72 Å². The number of carbonyl (C=O) groups excluding carboxylic acids is 1. The fraction of sp³-hybridized carbons (Fsp3) is 0.438. The molecule has 0 bridgehead atoms. The molecule has 1 aliphatic heterocycles. The molecule has 0 aromatic heterocycles. The third-order valence-electron chi connectivity index (χ3n) is 3.91. The van der Waals surface area contributed by atoms with Crippen LogP contribution >= 0.6 is 15.9 Å². The topological polar surface area (TPSA) is 40.5 Å². The maximum atomic E-state index is 12.6. The summed E-state index contributed by atoms with van der Waals surface area (Å²) in [5, 5.41) is 10.9. The Balaban J connectivity index is 2.25. The van der Waals surface area contributed by atoms with E-state index in [1.165, 1.54) is 0 Å². The van der Waals surface area contributed by atoms with Crippen molar-refractivity contribution in [3.63, 3.8) is 0 Å². The lowest BCUT2D eigenvalue weighted by atomic mass is 9.92. The van der Waals surface area contributed by atoms with Gasteiger partial charge in [-0.2, -0.15) is 0 Å². The first kappa shape index (κ1) is 16.3. The number of rotatable bonds is 6. The summed E-state index contributed by atoms with van der Waals surface area (Å²) in [5.41, 5.74) is 0.486. The van der Waals surface area contributed by atoms with Gasteiger partial charge in [-0.05, 0) is 24.5 Å². The molecule has 112 valence electrons. The van der Waals surface area contributed by atoms with Gasteiger partial charge in [-0.25, -0.2) is 0 Å². The number of hydrogen-bond acceptors (Lipinski definition) is 2. The van der Waals surface area contributed by atoms with Crippen molar-refractivity contribution in [3.8, 4) is 0 Å². The highest BCUT2D eigenvalue weighted by Crippen LogP contribution is 2.34. The second-order valence-electron chi connectivity index (χ2n) is 5.55. The predicted octanol–water partition coefficient (Wildman–Crippen LogP) is 2.19. The van der Waals surface area contributed by atoms with Gasteiger partial charge in [-0.15, -0.1) is 0 Å². The maximum Gasteiger partial charge on any atom is 0.252 e. The first-order valence-electron chi connectivity index (χ1n) is 7.43. The van der Waals surface area contributed by atoms with Crippen LogP contribution in [0.2, 0.25) is 0 Å². The van der Waals surface area contributed by atoms with Gasteiger partial charge < -0.3 is 10.0 Å². The molecule has 0 radical (unpaired) electrons. The largest absolute Gasteiger partial charge is 0.367 e. The van der Waals surface area contributed by atoms with Gasteiger partial charge in [0.2, 0.25) is 0 Å². The Morgan fingerprint density at radius 2 is 2.05 bits per heavy atom. The van der Waals surface area contributed by atoms with Crippen LogP contribution in [0.1, 0.15) is 31.7 Å². The van der Waals surface area contributed by atoms with Crippen LogP contribution in [-0.2, 0) is 11.3 Å². The van der Waals surface area contributed by atoms with Gasteiger partial charge in [0.05, 0.1) is 0 Å². The SMILES string of the molecule is BC(Br)C1(O)C=C(CCCC)C(=O)N1Cc1ccccc1. The van der Waals surface area contributed by atoms with E-state index in [9.17, 15) is 9.90 Å². The molecule has 0 aliphatic carbocycles. The third kappa shape index (κ3) is 3.41. The van der Waals surface area contributed by atoms with E-state index in [1.54, 1.807) is 11.0 Å². The Morgan fingerprint density at radius 3 is 2.62 bits per heavy atom. The molecule has 21 heavy (non-hydrogen) atoms. The van der Waals surface area contributed by atoms with E-state index in [-0.39, 0.29) is 10.6 Å². The lowest BCUT2D eigenvalue weighted by Crippen LogP contribution is -2.52. The molecule has 1 aliphatic rings. The zero-order valence-corrected chi connectivity index (χ0v) is 14.1. The minimum absolute atomic E-state index is 0.0545. The molecule has 3 nitrogen and oxygen atoms in total. The smallest absolute Gasteiger partial charge is 0.252 e. The van der Waals surface area contributed by atoms with E-state index in [0.29, 0.717) is 6.54 Å². The van der Waals surface area contributed by atoms with Crippen LogP contribution in [0, 0.1) is 0 Å². The van der Waals surface area contributed by atoms with E-state index in [1.807, 2.05) is 38.2 Å². The fourth-order valence-corrected chi connectivity index (χ4v) is 2.95. The van der Waals surface area contributed by atoms with Crippen LogP contribution in [0.5, 0.6) is 0 Å². The monoisotopic (exact) mass is 349 g/mol. The summed E-state index contributed by atoms with van der Waals surface area (Å²) in [6.07, 6.45) is 4.45. The van der Waals surface area contributed by atoms with E-state index >= 15 is 0 Å². The zero-order chi connectivity index (χ0) is 15.5. The number of unbranched alkanes of at least 4 members (excludes halogenated alkanes) is 1. The molecule has 1 N–H and O–H groups in total. The summed E-state index contributed by atoms with van der Waals surface area (Å²) in [4.78, 5) is 14.2. The minimum Gasteiger partial charge on any atom is -0.367 e. The number of halogens is 1. The van der Waals surface area contributed by atoms with E-state index in [4.69, 9.17) is 0 Å². The molecule has 0 fully saturated rings. The minimum atomic E-state index is -1.25. The standard InChI is InChI=1S/C16H21BBrNO2/c1-2-3-9-13-10-16(21,15(17)18)19(14(13)20)11-12-7-5-4-6-8-12/h4-8,10,15,21H,2-3,9,11,17H2,1H3. The Morgan fingerprint density at radius 1 is 1.38 bits per heavy atom. The predicted molar refractivity (Wildman–Crippen MR) is 90.8 cm³/mol. The molecule has 2 atom stereocenters. The number of alkyl halides is 1. The number of carbonyl (C=O) groups is 1. The van der Waals surface area contributed by atoms with Crippen molar-refractivity contribution in [1.82, 2.24) is 4.90 Å². The van der Waals surface area contributed by atoms with Crippen molar-refractivity contribution in [2.24, 2.45) is 0 Å². The van der Waals surface area contributed by atoms with Crippen LogP contribution in [0.4, 0.5) is 0 Å². The van der Waals surface area contributed by atoms with Gasteiger partial charge in [0.1, 0.15) is 7.85 Å². The first-order chi connectivity index (χ1) is 9.99. The van der Waals surface area contributed by atoms with Gasteiger partial charge >= 0.3 is 0 Å². The van der Waals surface area contributed by atoms with Crippen LogP contribution in [-0.4, -0.2) is 34.2 Å². The average molecular weight is 350 g/mol. The Kier molecular flexibility index (Phi) is 5.28.